The number of fused-ring (bicyclic) bond motifs is 5. The van der Waals surface area contributed by atoms with E-state index in [4.69, 9.17) is 18.9 Å². The first-order chi connectivity index (χ1) is 23.5. The Balaban J connectivity index is 1.52. The number of benzene rings is 2. The maximum absolute atomic E-state index is 14.8. The van der Waals surface area contributed by atoms with E-state index in [1.165, 1.54) is 26.0 Å². The molecule has 2 aromatic rings. The molecule has 268 valence electrons. The lowest BCUT2D eigenvalue weighted by Gasteiger charge is -2.67. The van der Waals surface area contributed by atoms with Gasteiger partial charge < -0.3 is 39.4 Å². The highest BCUT2D eigenvalue weighted by Gasteiger charge is 2.78. The zero-order valence-corrected chi connectivity index (χ0v) is 28.7. The maximum atomic E-state index is 14.8. The van der Waals surface area contributed by atoms with Gasteiger partial charge in [-0.1, -0.05) is 62.4 Å². The average molecular weight is 693 g/mol. The van der Waals surface area contributed by atoms with Crippen LogP contribution in [-0.2, 0) is 39.8 Å². The van der Waals surface area contributed by atoms with E-state index < -0.39 is 94.7 Å². The summed E-state index contributed by atoms with van der Waals surface area (Å²) < 4.78 is 23.9. The van der Waals surface area contributed by atoms with E-state index >= 15 is 0 Å². The third-order valence-electron chi connectivity index (χ3n) is 11.7. The van der Waals surface area contributed by atoms with Crippen molar-refractivity contribution in [2.45, 2.75) is 102 Å². The summed E-state index contributed by atoms with van der Waals surface area (Å²) in [5, 5.41) is 47.8. The van der Waals surface area contributed by atoms with Crippen LogP contribution in [-0.4, -0.2) is 98.6 Å². The Morgan fingerprint density at radius 1 is 0.980 bits per heavy atom. The minimum absolute atomic E-state index is 0.0211. The average Bonchev–Trinajstić information content (AvgIpc) is 3.07. The zero-order chi connectivity index (χ0) is 36.4. The number of aliphatic hydroxyl groups is 4. The van der Waals surface area contributed by atoms with Crippen LogP contribution < -0.4 is 0 Å². The van der Waals surface area contributed by atoms with Crippen LogP contribution >= 0.6 is 0 Å². The molecule has 2 bridgehead atoms. The molecule has 6 rings (SSSR count). The van der Waals surface area contributed by atoms with Gasteiger partial charge in [0.05, 0.1) is 29.6 Å². The van der Waals surface area contributed by atoms with E-state index in [-0.39, 0.29) is 36.2 Å². The number of carbonyl (C=O) groups is 4. The van der Waals surface area contributed by atoms with E-state index in [0.717, 1.165) is 0 Å². The van der Waals surface area contributed by atoms with Gasteiger partial charge in [-0.25, -0.2) is 9.59 Å². The second-order valence-electron chi connectivity index (χ2n) is 14.8. The molecule has 12 nitrogen and oxygen atoms in total. The largest absolute Gasteiger partial charge is 0.456 e. The van der Waals surface area contributed by atoms with Gasteiger partial charge in [-0.2, -0.15) is 0 Å². The second-order valence-corrected chi connectivity index (χ2v) is 14.8. The highest BCUT2D eigenvalue weighted by atomic mass is 16.6. The van der Waals surface area contributed by atoms with Gasteiger partial charge in [0.25, 0.3) is 0 Å². The fourth-order valence-electron chi connectivity index (χ4n) is 8.91. The number of esters is 3. The van der Waals surface area contributed by atoms with E-state index in [9.17, 15) is 39.6 Å². The molecule has 0 aromatic heterocycles. The summed E-state index contributed by atoms with van der Waals surface area (Å²) >= 11 is 0. The molecule has 4 N–H and O–H groups in total. The van der Waals surface area contributed by atoms with Crippen molar-refractivity contribution >= 4 is 23.7 Å². The van der Waals surface area contributed by atoms with Crippen molar-refractivity contribution < 1.29 is 58.6 Å². The number of ketones is 1. The fraction of sp³-hybridized carbons (Fsp3) is 0.526. The van der Waals surface area contributed by atoms with E-state index in [0.29, 0.717) is 5.56 Å². The minimum Gasteiger partial charge on any atom is -0.456 e. The predicted octanol–water partition coefficient (Wildman–Crippen LogP) is 2.24. The predicted molar refractivity (Wildman–Crippen MR) is 175 cm³/mol. The molecule has 1 heterocycles. The van der Waals surface area contributed by atoms with Crippen LogP contribution in [0.5, 0.6) is 0 Å². The smallest absolute Gasteiger partial charge is 0.338 e. The van der Waals surface area contributed by atoms with Crippen LogP contribution in [0, 0.1) is 16.7 Å². The first-order valence-electron chi connectivity index (χ1n) is 16.8. The van der Waals surface area contributed by atoms with Crippen molar-refractivity contribution in [2.75, 3.05) is 6.61 Å². The van der Waals surface area contributed by atoms with E-state index in [2.05, 4.69) is 0 Å². The molecule has 2 saturated carbocycles. The third kappa shape index (κ3) is 5.39. The molecule has 1 unspecified atom stereocenters. The summed E-state index contributed by atoms with van der Waals surface area (Å²) in [6.45, 7) is 7.09. The number of hydrogen-bond acceptors (Lipinski definition) is 12. The van der Waals surface area contributed by atoms with Crippen LogP contribution in [0.1, 0.15) is 63.4 Å². The molecule has 12 heteroatoms. The molecule has 1 saturated heterocycles. The molecule has 50 heavy (non-hydrogen) atoms. The highest BCUT2D eigenvalue weighted by Crippen LogP contribution is 2.64. The van der Waals surface area contributed by atoms with Crippen molar-refractivity contribution in [3.63, 3.8) is 0 Å². The highest BCUT2D eigenvalue weighted by molar-refractivity contribution is 5.94. The summed E-state index contributed by atoms with van der Waals surface area (Å²) in [5.74, 6) is -4.90. The van der Waals surface area contributed by atoms with Crippen molar-refractivity contribution in [1.82, 2.24) is 0 Å². The number of ether oxygens (including phenoxy) is 4. The van der Waals surface area contributed by atoms with Crippen molar-refractivity contribution in [2.24, 2.45) is 16.7 Å². The number of Topliss-reactive ketones (excluding diaryl/α,β-unsaturated/α-hetero) is 1. The lowest BCUT2D eigenvalue weighted by Crippen LogP contribution is -2.81. The first kappa shape index (κ1) is 35.9. The quantitative estimate of drug-likeness (QED) is 0.189. The van der Waals surface area contributed by atoms with Gasteiger partial charge in [-0.15, -0.1) is 0 Å². The van der Waals surface area contributed by atoms with Crippen LogP contribution in [0.25, 0.3) is 0 Å². The monoisotopic (exact) mass is 692 g/mol. The van der Waals surface area contributed by atoms with Gasteiger partial charge in [0.1, 0.15) is 30.0 Å². The molecule has 3 fully saturated rings. The lowest BCUT2D eigenvalue weighted by molar-refractivity contribution is -0.346. The molecule has 0 radical (unpaired) electrons. The minimum atomic E-state index is -2.24. The number of rotatable bonds is 7. The number of hydrogen-bond donors (Lipinski definition) is 4. The van der Waals surface area contributed by atoms with Gasteiger partial charge in [-0.3, -0.25) is 9.59 Å². The van der Waals surface area contributed by atoms with Gasteiger partial charge in [-0.05, 0) is 42.7 Å². The molecule has 0 amide bonds. The molecule has 3 aliphatic carbocycles. The van der Waals surface area contributed by atoms with Crippen LogP contribution in [0.2, 0.25) is 0 Å². The second kappa shape index (κ2) is 12.7. The molecule has 2 aromatic carbocycles. The zero-order valence-electron chi connectivity index (χ0n) is 28.7. The summed E-state index contributed by atoms with van der Waals surface area (Å²) in [6.07, 6.45) is -9.52. The van der Waals surface area contributed by atoms with Crippen molar-refractivity contribution in [3.05, 3.63) is 82.9 Å². The Hall–Kier alpha value is -3.94. The summed E-state index contributed by atoms with van der Waals surface area (Å²) in [4.78, 5) is 54.8. The van der Waals surface area contributed by atoms with Gasteiger partial charge in [0.2, 0.25) is 0 Å². The van der Waals surface area contributed by atoms with Gasteiger partial charge >= 0.3 is 17.9 Å². The lowest BCUT2D eigenvalue weighted by atomic mass is 9.44. The van der Waals surface area contributed by atoms with Crippen LogP contribution in [0.3, 0.4) is 0 Å². The molecular formula is C38H44O12. The van der Waals surface area contributed by atoms with Crippen LogP contribution in [0.15, 0.2) is 71.8 Å². The normalized spacial score (nSPS) is 36.4. The summed E-state index contributed by atoms with van der Waals surface area (Å²) in [5.41, 5.74) is -6.29. The SMILES string of the molecule is CC(=O)O[C@@]12CO[C@@H]1C[C@H](O)[C@@]1(C)C(=O)[C@H](O)C3=C(C)[C@@H](OC(=O)C(O)Cc4ccccc4)C[C@@](O)([C@@H](OC(=O)c4ccccc4)[C@H]21)C3(C)C. The Morgan fingerprint density at radius 3 is 2.18 bits per heavy atom. The number of carbonyl (C=O) groups excluding carboxylic acids is 4. The Kier molecular flexibility index (Phi) is 9.10. The van der Waals surface area contributed by atoms with Crippen LogP contribution in [0.4, 0.5) is 0 Å². The van der Waals surface area contributed by atoms with Gasteiger partial charge in [0, 0.05) is 31.6 Å². The first-order valence-corrected chi connectivity index (χ1v) is 16.8. The molecule has 0 spiro atoms. The summed E-state index contributed by atoms with van der Waals surface area (Å²) in [6, 6.07) is 16.8. The Morgan fingerprint density at radius 2 is 1.60 bits per heavy atom. The maximum Gasteiger partial charge on any atom is 0.338 e. The fourth-order valence-corrected chi connectivity index (χ4v) is 8.91. The van der Waals surface area contributed by atoms with Crippen molar-refractivity contribution in [3.8, 4) is 0 Å². The number of aliphatic hydroxyl groups excluding tert-OH is 3. The summed E-state index contributed by atoms with van der Waals surface area (Å²) in [7, 11) is 0. The van der Waals surface area contributed by atoms with Crippen molar-refractivity contribution in [1.29, 1.82) is 0 Å². The van der Waals surface area contributed by atoms with E-state index in [1.54, 1.807) is 69.3 Å². The topological polar surface area (TPSA) is 186 Å². The Labute approximate surface area is 290 Å². The van der Waals surface area contributed by atoms with E-state index in [1.807, 2.05) is 0 Å². The third-order valence-corrected chi connectivity index (χ3v) is 11.7. The molecule has 10 atom stereocenters. The van der Waals surface area contributed by atoms with Gasteiger partial charge in [0.15, 0.2) is 17.5 Å². The molecular weight excluding hydrogens is 648 g/mol. The Bertz CT molecular complexity index is 1700. The molecule has 4 aliphatic rings. The molecule has 1 aliphatic heterocycles. The standard InChI is InChI=1S/C38H44O12/c1-20-25(48-34(45)24(40)16-22-12-8-6-9-13-22)18-38(46)32(49-33(44)23-14-10-7-11-15-23)30-36(5,31(43)29(42)28(20)35(38,3)4)26(41)17-27-37(30,19-47-27)50-21(2)39/h6-15,24-27,29-30,32,40-42,46H,16-19H2,1-5H3/t24?,25-,26-,27+,29+,30-,32-,36+,37-,38+/m0/s1.